The van der Waals surface area contributed by atoms with Crippen LogP contribution in [0.25, 0.3) is 0 Å². The number of methoxy groups -OCH3 is 1. The fraction of sp³-hybridized carbons (Fsp3) is 0.333. The van der Waals surface area contributed by atoms with E-state index in [1.807, 2.05) is 0 Å². The fourth-order valence-electron chi connectivity index (χ4n) is 2.34. The summed E-state index contributed by atoms with van der Waals surface area (Å²) in [6, 6.07) is 5.18. The first-order valence-electron chi connectivity index (χ1n) is 6.63. The lowest BCUT2D eigenvalue weighted by atomic mass is 10.1. The first kappa shape index (κ1) is 16.2. The van der Waals surface area contributed by atoms with Gasteiger partial charge in [0.1, 0.15) is 11.8 Å². The number of nitrogens with zero attached hydrogens (tertiary/aromatic N) is 1. The van der Waals surface area contributed by atoms with Crippen molar-refractivity contribution in [1.29, 1.82) is 0 Å². The first-order valence-corrected chi connectivity index (χ1v) is 7.17. The van der Waals surface area contributed by atoms with Crippen LogP contribution in [0.2, 0.25) is 0 Å². The van der Waals surface area contributed by atoms with Crippen LogP contribution in [-0.4, -0.2) is 47.5 Å². The van der Waals surface area contributed by atoms with Crippen LogP contribution >= 0.6 is 11.6 Å². The third kappa shape index (κ3) is 2.87. The van der Waals surface area contributed by atoms with Crippen molar-refractivity contribution >= 4 is 35.2 Å². The average Bonchev–Trinajstić information content (AvgIpc) is 2.79. The van der Waals surface area contributed by atoms with Crippen LogP contribution in [0.3, 0.4) is 0 Å². The number of hydrogen-bond acceptors (Lipinski definition) is 5. The monoisotopic (exact) mass is 323 g/mol. The van der Waals surface area contributed by atoms with Crippen LogP contribution in [-0.2, 0) is 14.3 Å². The summed E-state index contributed by atoms with van der Waals surface area (Å²) >= 11 is 5.43. The Morgan fingerprint density at radius 3 is 2.18 bits per heavy atom. The molecule has 0 aliphatic carbocycles. The summed E-state index contributed by atoms with van der Waals surface area (Å²) in [4.78, 5) is 48.9. The van der Waals surface area contributed by atoms with Crippen LogP contribution in [0.5, 0.6) is 0 Å². The average molecular weight is 324 g/mol. The Morgan fingerprint density at radius 2 is 1.73 bits per heavy atom. The van der Waals surface area contributed by atoms with Gasteiger partial charge in [0.15, 0.2) is 0 Å². The Labute approximate surface area is 132 Å². The minimum Gasteiger partial charge on any atom is -0.467 e. The Hall–Kier alpha value is -2.21. The molecular formula is C15H14ClNO5. The number of Topliss-reactive ketones (excluding diaryl/α,β-unsaturated/α-hetero) is 1. The number of carbonyl (C=O) groups excluding carboxylic acids is 4. The van der Waals surface area contributed by atoms with Crippen molar-refractivity contribution in [1.82, 2.24) is 4.90 Å². The number of benzene rings is 1. The Kier molecular flexibility index (Phi) is 4.92. The topological polar surface area (TPSA) is 80.8 Å². The van der Waals surface area contributed by atoms with E-state index in [9.17, 15) is 19.2 Å². The van der Waals surface area contributed by atoms with Crippen LogP contribution in [0.1, 0.15) is 33.6 Å². The molecule has 0 bridgehead atoms. The number of imide groups is 1. The molecule has 0 saturated heterocycles. The van der Waals surface area contributed by atoms with Crippen molar-refractivity contribution in [3.63, 3.8) is 0 Å². The zero-order chi connectivity index (χ0) is 16.3. The second kappa shape index (κ2) is 6.70. The van der Waals surface area contributed by atoms with Crippen LogP contribution in [0, 0.1) is 0 Å². The normalized spacial score (nSPS) is 14.7. The van der Waals surface area contributed by atoms with E-state index in [0.717, 1.165) is 12.0 Å². The number of hydrogen-bond donors (Lipinski definition) is 0. The van der Waals surface area contributed by atoms with E-state index in [2.05, 4.69) is 4.74 Å². The number of fused-ring (bicyclic) bond motifs is 1. The highest BCUT2D eigenvalue weighted by atomic mass is 35.5. The van der Waals surface area contributed by atoms with Gasteiger partial charge in [-0.2, -0.15) is 0 Å². The Balaban J connectivity index is 2.29. The molecule has 0 radical (unpaired) electrons. The molecular weight excluding hydrogens is 310 g/mol. The second-order valence-electron chi connectivity index (χ2n) is 4.78. The number of alkyl halides is 1. The standard InChI is InChI=1S/C15H14ClNO5/c1-22-15(21)12(7-6-9(18)8-16)17-13(19)10-4-2-3-5-11(10)14(17)20/h2-5,12H,6-8H2,1H3/t12-/m1/s1. The van der Waals surface area contributed by atoms with Crippen LogP contribution in [0.4, 0.5) is 0 Å². The molecule has 22 heavy (non-hydrogen) atoms. The maximum Gasteiger partial charge on any atom is 0.329 e. The van der Waals surface area contributed by atoms with Crippen molar-refractivity contribution in [2.75, 3.05) is 13.0 Å². The van der Waals surface area contributed by atoms with Gasteiger partial charge in [-0.3, -0.25) is 19.3 Å². The predicted molar refractivity (Wildman–Crippen MR) is 77.7 cm³/mol. The number of halogens is 1. The van der Waals surface area contributed by atoms with E-state index in [1.54, 1.807) is 12.1 Å². The maximum atomic E-state index is 12.4. The molecule has 2 amide bonds. The van der Waals surface area contributed by atoms with Gasteiger partial charge >= 0.3 is 5.97 Å². The molecule has 2 rings (SSSR count). The number of ether oxygens (including phenoxy) is 1. The molecule has 1 heterocycles. The largest absolute Gasteiger partial charge is 0.467 e. The molecule has 0 fully saturated rings. The highest BCUT2D eigenvalue weighted by Gasteiger charge is 2.43. The summed E-state index contributed by atoms with van der Waals surface area (Å²) in [6.07, 6.45) is -0.0274. The summed E-state index contributed by atoms with van der Waals surface area (Å²) in [5.41, 5.74) is 0.482. The van der Waals surface area contributed by atoms with Gasteiger partial charge in [-0.05, 0) is 18.6 Å². The van der Waals surface area contributed by atoms with E-state index in [4.69, 9.17) is 11.6 Å². The number of ketones is 1. The van der Waals surface area contributed by atoms with Gasteiger partial charge in [-0.25, -0.2) is 4.79 Å². The lowest BCUT2D eigenvalue weighted by molar-refractivity contribution is -0.145. The van der Waals surface area contributed by atoms with Gasteiger partial charge in [-0.1, -0.05) is 12.1 Å². The third-order valence-corrected chi connectivity index (χ3v) is 3.75. The van der Waals surface area contributed by atoms with Gasteiger partial charge in [0.25, 0.3) is 11.8 Å². The molecule has 7 heteroatoms. The minimum absolute atomic E-state index is 0.0102. The van der Waals surface area contributed by atoms with Crippen LogP contribution < -0.4 is 0 Å². The molecule has 0 spiro atoms. The molecule has 0 N–H and O–H groups in total. The van der Waals surface area contributed by atoms with Gasteiger partial charge in [0.2, 0.25) is 0 Å². The maximum absolute atomic E-state index is 12.4. The molecule has 1 aliphatic heterocycles. The molecule has 1 aliphatic rings. The zero-order valence-electron chi connectivity index (χ0n) is 11.9. The van der Waals surface area contributed by atoms with Crippen molar-refractivity contribution in [2.45, 2.75) is 18.9 Å². The van der Waals surface area contributed by atoms with Gasteiger partial charge in [0.05, 0.1) is 24.1 Å². The molecule has 6 nitrogen and oxygen atoms in total. The van der Waals surface area contributed by atoms with Gasteiger partial charge in [0, 0.05) is 6.42 Å². The summed E-state index contributed by atoms with van der Waals surface area (Å²) in [6.45, 7) is 0. The van der Waals surface area contributed by atoms with Gasteiger partial charge < -0.3 is 4.74 Å². The van der Waals surface area contributed by atoms with Crippen molar-refractivity contribution in [2.24, 2.45) is 0 Å². The predicted octanol–water partition coefficient (Wildman–Crippen LogP) is 1.41. The third-order valence-electron chi connectivity index (χ3n) is 3.46. The lowest BCUT2D eigenvalue weighted by Crippen LogP contribution is -2.45. The summed E-state index contributed by atoms with van der Waals surface area (Å²) in [7, 11) is 1.16. The summed E-state index contributed by atoms with van der Waals surface area (Å²) < 4.78 is 4.66. The summed E-state index contributed by atoms with van der Waals surface area (Å²) in [5, 5.41) is 0. The quantitative estimate of drug-likeness (QED) is 0.449. The van der Waals surface area contributed by atoms with Crippen molar-refractivity contribution in [3.8, 4) is 0 Å². The molecule has 1 aromatic carbocycles. The summed E-state index contributed by atoms with van der Waals surface area (Å²) in [5.74, 6) is -2.32. The van der Waals surface area contributed by atoms with Gasteiger partial charge in [-0.15, -0.1) is 11.6 Å². The van der Waals surface area contributed by atoms with Crippen LogP contribution in [0.15, 0.2) is 24.3 Å². The Morgan fingerprint density at radius 1 is 1.18 bits per heavy atom. The first-order chi connectivity index (χ1) is 10.5. The molecule has 0 unspecified atom stereocenters. The number of rotatable bonds is 6. The highest BCUT2D eigenvalue weighted by molar-refractivity contribution is 6.27. The smallest absolute Gasteiger partial charge is 0.329 e. The van der Waals surface area contributed by atoms with E-state index in [0.29, 0.717) is 0 Å². The van der Waals surface area contributed by atoms with E-state index in [-0.39, 0.29) is 35.6 Å². The zero-order valence-corrected chi connectivity index (χ0v) is 12.6. The number of esters is 1. The highest BCUT2D eigenvalue weighted by Crippen LogP contribution is 2.26. The van der Waals surface area contributed by atoms with Crippen molar-refractivity contribution in [3.05, 3.63) is 35.4 Å². The molecule has 116 valence electrons. The molecule has 0 aromatic heterocycles. The van der Waals surface area contributed by atoms with Crippen molar-refractivity contribution < 1.29 is 23.9 Å². The molecule has 0 saturated carbocycles. The van der Waals surface area contributed by atoms with E-state index in [1.165, 1.54) is 12.1 Å². The number of amides is 2. The molecule has 1 atom stereocenters. The lowest BCUT2D eigenvalue weighted by Gasteiger charge is -2.23. The van der Waals surface area contributed by atoms with E-state index >= 15 is 0 Å². The second-order valence-corrected chi connectivity index (χ2v) is 5.04. The molecule has 1 aromatic rings. The number of carbonyl (C=O) groups is 4. The Bertz CT molecular complexity index is 608. The SMILES string of the molecule is COC(=O)[C@@H](CCC(=O)CCl)N1C(=O)c2ccccc2C1=O. The van der Waals surface area contributed by atoms with E-state index < -0.39 is 23.8 Å². The fourth-order valence-corrected chi connectivity index (χ4v) is 2.48. The minimum atomic E-state index is -1.13.